The molecule has 0 fully saturated rings. The van der Waals surface area contributed by atoms with Crippen molar-refractivity contribution >= 4 is 11.9 Å². The minimum absolute atomic E-state index is 0.322. The molecular formula is C7H11N3O3. The summed E-state index contributed by atoms with van der Waals surface area (Å²) in [6.07, 6.45) is -0.322. The van der Waals surface area contributed by atoms with Crippen LogP contribution in [0.4, 0.5) is 4.79 Å². The molecule has 0 atom stereocenters. The van der Waals surface area contributed by atoms with Crippen molar-refractivity contribution in [3.05, 3.63) is 0 Å². The Morgan fingerprint density at radius 2 is 2.23 bits per heavy atom. The van der Waals surface area contributed by atoms with Crippen LogP contribution in [-0.4, -0.2) is 32.2 Å². The third kappa shape index (κ3) is 6.77. The molecule has 3 amide bonds. The lowest BCUT2D eigenvalue weighted by molar-refractivity contribution is -0.119. The van der Waals surface area contributed by atoms with E-state index >= 15 is 0 Å². The summed E-state index contributed by atoms with van der Waals surface area (Å²) in [6, 6.07) is 1.01. The van der Waals surface area contributed by atoms with Gasteiger partial charge < -0.3 is 10.1 Å². The molecule has 0 spiro atoms. The predicted molar refractivity (Wildman–Crippen MR) is 43.6 cm³/mol. The van der Waals surface area contributed by atoms with E-state index in [0.29, 0.717) is 13.2 Å². The van der Waals surface area contributed by atoms with Gasteiger partial charge in [-0.2, -0.15) is 5.26 Å². The fourth-order valence-electron chi connectivity index (χ4n) is 0.553. The lowest BCUT2D eigenvalue weighted by atomic mass is 10.4. The molecule has 0 aliphatic rings. The molecule has 6 nitrogen and oxygen atoms in total. The molecule has 13 heavy (non-hydrogen) atoms. The highest BCUT2D eigenvalue weighted by molar-refractivity contribution is 5.95. The number of nitrogens with zero attached hydrogens (tertiary/aromatic N) is 1. The van der Waals surface area contributed by atoms with E-state index in [-0.39, 0.29) is 6.42 Å². The molecule has 0 aromatic rings. The molecule has 0 saturated carbocycles. The predicted octanol–water partition coefficient (Wildman–Crippen LogP) is -0.628. The van der Waals surface area contributed by atoms with Crippen LogP contribution in [0.15, 0.2) is 0 Å². The first-order valence-electron chi connectivity index (χ1n) is 3.64. The Hall–Kier alpha value is -1.61. The highest BCUT2D eigenvalue weighted by atomic mass is 16.5. The van der Waals surface area contributed by atoms with Crippen LogP contribution >= 0.6 is 0 Å². The summed E-state index contributed by atoms with van der Waals surface area (Å²) in [7, 11) is 1.50. The van der Waals surface area contributed by atoms with Crippen molar-refractivity contribution in [3.8, 4) is 6.07 Å². The lowest BCUT2D eigenvalue weighted by Gasteiger charge is -2.03. The van der Waals surface area contributed by atoms with Crippen LogP contribution in [0, 0.1) is 11.3 Å². The van der Waals surface area contributed by atoms with Gasteiger partial charge in [0, 0.05) is 13.7 Å². The van der Waals surface area contributed by atoms with Crippen LogP contribution in [0.5, 0.6) is 0 Å². The summed E-state index contributed by atoms with van der Waals surface area (Å²) in [5.74, 6) is -0.614. The van der Waals surface area contributed by atoms with Gasteiger partial charge in [-0.05, 0) is 0 Å². The summed E-state index contributed by atoms with van der Waals surface area (Å²) in [6.45, 7) is 0.696. The van der Waals surface area contributed by atoms with Gasteiger partial charge in [-0.15, -0.1) is 0 Å². The second-order valence-corrected chi connectivity index (χ2v) is 2.13. The van der Waals surface area contributed by atoms with Crippen molar-refractivity contribution in [1.29, 1.82) is 5.26 Å². The molecule has 0 rings (SSSR count). The minimum atomic E-state index is -0.614. The number of ether oxygens (including phenoxy) is 1. The van der Waals surface area contributed by atoms with E-state index in [1.54, 1.807) is 6.07 Å². The van der Waals surface area contributed by atoms with Crippen LogP contribution in [0.25, 0.3) is 0 Å². The molecule has 0 aliphatic carbocycles. The van der Waals surface area contributed by atoms with E-state index < -0.39 is 11.9 Å². The van der Waals surface area contributed by atoms with Gasteiger partial charge in [0.2, 0.25) is 5.91 Å². The Kier molecular flexibility index (Phi) is 6.19. The molecular weight excluding hydrogens is 174 g/mol. The number of hydrogen-bond donors (Lipinski definition) is 2. The van der Waals surface area contributed by atoms with Crippen LogP contribution in [-0.2, 0) is 9.53 Å². The summed E-state index contributed by atoms with van der Waals surface area (Å²) >= 11 is 0. The zero-order valence-corrected chi connectivity index (χ0v) is 7.29. The number of imide groups is 1. The van der Waals surface area contributed by atoms with Gasteiger partial charge in [0.15, 0.2) is 0 Å². The molecule has 0 heterocycles. The van der Waals surface area contributed by atoms with Crippen molar-refractivity contribution in [2.75, 3.05) is 20.3 Å². The molecule has 0 radical (unpaired) electrons. The minimum Gasteiger partial charge on any atom is -0.383 e. The number of hydrogen-bond acceptors (Lipinski definition) is 4. The van der Waals surface area contributed by atoms with Crippen LogP contribution in [0.1, 0.15) is 6.42 Å². The van der Waals surface area contributed by atoms with Crippen LogP contribution < -0.4 is 10.6 Å². The normalized spacial score (nSPS) is 8.62. The molecule has 0 aromatic heterocycles. The van der Waals surface area contributed by atoms with Gasteiger partial charge in [-0.3, -0.25) is 10.1 Å². The average Bonchev–Trinajstić information content (AvgIpc) is 2.05. The number of nitrogens with one attached hydrogen (secondary N) is 2. The van der Waals surface area contributed by atoms with Gasteiger partial charge in [-0.25, -0.2) is 4.79 Å². The van der Waals surface area contributed by atoms with E-state index in [2.05, 4.69) is 10.1 Å². The standard InChI is InChI=1S/C7H11N3O3/c1-13-5-4-9-7(12)10-6(11)2-3-8/h2,4-5H2,1H3,(H2,9,10,11,12). The van der Waals surface area contributed by atoms with Crippen LogP contribution in [0.2, 0.25) is 0 Å². The van der Waals surface area contributed by atoms with Gasteiger partial charge in [-0.1, -0.05) is 0 Å². The fraction of sp³-hybridized carbons (Fsp3) is 0.571. The lowest BCUT2D eigenvalue weighted by Crippen LogP contribution is -2.40. The van der Waals surface area contributed by atoms with Crippen molar-refractivity contribution < 1.29 is 14.3 Å². The number of nitriles is 1. The highest BCUT2D eigenvalue weighted by Crippen LogP contribution is 1.75. The number of carbonyl (C=O) groups is 2. The number of rotatable bonds is 4. The van der Waals surface area contributed by atoms with Gasteiger partial charge >= 0.3 is 6.03 Å². The molecule has 72 valence electrons. The quantitative estimate of drug-likeness (QED) is 0.570. The van der Waals surface area contributed by atoms with Gasteiger partial charge in [0.1, 0.15) is 6.42 Å². The fourth-order valence-corrected chi connectivity index (χ4v) is 0.553. The molecule has 2 N–H and O–H groups in total. The number of carbonyl (C=O) groups excluding carboxylic acids is 2. The first-order chi connectivity index (χ1) is 6.20. The Bertz CT molecular complexity index is 222. The van der Waals surface area contributed by atoms with Gasteiger partial charge in [0.25, 0.3) is 0 Å². The third-order valence-electron chi connectivity index (χ3n) is 1.08. The Labute approximate surface area is 75.9 Å². The maximum Gasteiger partial charge on any atom is 0.321 e. The van der Waals surface area contributed by atoms with Gasteiger partial charge in [0.05, 0.1) is 12.7 Å². The van der Waals surface area contributed by atoms with E-state index in [1.807, 2.05) is 5.32 Å². The second kappa shape index (κ2) is 7.06. The number of urea groups is 1. The SMILES string of the molecule is COCCNC(=O)NC(=O)CC#N. The molecule has 0 unspecified atom stereocenters. The largest absolute Gasteiger partial charge is 0.383 e. The van der Waals surface area contributed by atoms with E-state index in [0.717, 1.165) is 0 Å². The van der Waals surface area contributed by atoms with Crippen molar-refractivity contribution in [3.63, 3.8) is 0 Å². The smallest absolute Gasteiger partial charge is 0.321 e. The van der Waals surface area contributed by atoms with Crippen molar-refractivity contribution in [1.82, 2.24) is 10.6 Å². The summed E-state index contributed by atoms with van der Waals surface area (Å²) in [4.78, 5) is 21.5. The van der Waals surface area contributed by atoms with Crippen LogP contribution in [0.3, 0.4) is 0 Å². The Morgan fingerprint density at radius 3 is 2.77 bits per heavy atom. The molecule has 0 bridgehead atoms. The first-order valence-corrected chi connectivity index (χ1v) is 3.64. The number of methoxy groups -OCH3 is 1. The van der Waals surface area contributed by atoms with E-state index in [9.17, 15) is 9.59 Å². The maximum absolute atomic E-state index is 10.8. The highest BCUT2D eigenvalue weighted by Gasteiger charge is 2.04. The zero-order chi connectivity index (χ0) is 10.1. The second-order valence-electron chi connectivity index (χ2n) is 2.13. The van der Waals surface area contributed by atoms with E-state index in [4.69, 9.17) is 5.26 Å². The topological polar surface area (TPSA) is 91.2 Å². The number of amides is 3. The molecule has 6 heteroatoms. The zero-order valence-electron chi connectivity index (χ0n) is 7.29. The monoisotopic (exact) mass is 185 g/mol. The average molecular weight is 185 g/mol. The Balaban J connectivity index is 3.51. The Morgan fingerprint density at radius 1 is 1.54 bits per heavy atom. The maximum atomic E-state index is 10.8. The third-order valence-corrected chi connectivity index (χ3v) is 1.08. The summed E-state index contributed by atoms with van der Waals surface area (Å²) < 4.78 is 4.66. The van der Waals surface area contributed by atoms with Crippen molar-refractivity contribution in [2.45, 2.75) is 6.42 Å². The van der Waals surface area contributed by atoms with Crippen molar-refractivity contribution in [2.24, 2.45) is 0 Å². The molecule has 0 aliphatic heterocycles. The molecule has 0 saturated heterocycles. The first kappa shape index (κ1) is 11.4. The molecule has 0 aromatic carbocycles. The summed E-state index contributed by atoms with van der Waals surface area (Å²) in [5, 5.41) is 12.4. The summed E-state index contributed by atoms with van der Waals surface area (Å²) in [5.41, 5.74) is 0. The van der Waals surface area contributed by atoms with E-state index in [1.165, 1.54) is 7.11 Å².